The molecule has 0 bridgehead atoms. The summed E-state index contributed by atoms with van der Waals surface area (Å²) >= 11 is 0. The van der Waals surface area contributed by atoms with Gasteiger partial charge in [-0.3, -0.25) is 0 Å². The Kier molecular flexibility index (Phi) is 4.96. The molecule has 1 aromatic rings. The monoisotopic (exact) mass is 264 g/mol. The van der Waals surface area contributed by atoms with Gasteiger partial charge in [-0.2, -0.15) is 0 Å². The summed E-state index contributed by atoms with van der Waals surface area (Å²) in [6.07, 6.45) is 4.19. The quantitative estimate of drug-likeness (QED) is 0.628. The molecule has 0 amide bonds. The number of aromatic nitrogens is 2. The van der Waals surface area contributed by atoms with Crippen LogP contribution in [0.2, 0.25) is 0 Å². The largest absolute Gasteiger partial charge is 0.396 e. The highest BCUT2D eigenvalue weighted by Gasteiger charge is 2.28. The maximum absolute atomic E-state index is 8.79. The normalized spacial score (nSPS) is 14.5. The van der Waals surface area contributed by atoms with Crippen LogP contribution in [0.5, 0.6) is 0 Å². The van der Waals surface area contributed by atoms with Gasteiger partial charge >= 0.3 is 0 Å². The molecule has 1 saturated carbocycles. The van der Waals surface area contributed by atoms with E-state index in [0.29, 0.717) is 5.92 Å². The lowest BCUT2D eigenvalue weighted by Gasteiger charge is -2.14. The SMILES string of the molecule is CCNc1nc(C2CC2)nc(NCCCCO)c1C. The van der Waals surface area contributed by atoms with Gasteiger partial charge in [0.05, 0.1) is 0 Å². The van der Waals surface area contributed by atoms with Crippen molar-refractivity contribution in [3.63, 3.8) is 0 Å². The Labute approximate surface area is 114 Å². The van der Waals surface area contributed by atoms with Crippen molar-refractivity contribution in [1.82, 2.24) is 9.97 Å². The van der Waals surface area contributed by atoms with E-state index in [1.807, 2.05) is 6.92 Å². The first-order valence-electron chi connectivity index (χ1n) is 7.23. The zero-order chi connectivity index (χ0) is 13.7. The maximum atomic E-state index is 8.79. The van der Waals surface area contributed by atoms with Gasteiger partial charge < -0.3 is 15.7 Å². The van der Waals surface area contributed by atoms with E-state index in [4.69, 9.17) is 5.11 Å². The van der Waals surface area contributed by atoms with Crippen LogP contribution in [0, 0.1) is 6.92 Å². The van der Waals surface area contributed by atoms with Crippen LogP contribution in [0.15, 0.2) is 0 Å². The molecule has 0 unspecified atom stereocenters. The van der Waals surface area contributed by atoms with Crippen LogP contribution in [-0.4, -0.2) is 34.8 Å². The van der Waals surface area contributed by atoms with E-state index in [9.17, 15) is 0 Å². The Morgan fingerprint density at radius 3 is 2.42 bits per heavy atom. The van der Waals surface area contributed by atoms with Crippen LogP contribution in [0.4, 0.5) is 11.6 Å². The summed E-state index contributed by atoms with van der Waals surface area (Å²) < 4.78 is 0. The summed E-state index contributed by atoms with van der Waals surface area (Å²) in [5.41, 5.74) is 1.08. The zero-order valence-electron chi connectivity index (χ0n) is 11.9. The van der Waals surface area contributed by atoms with Gasteiger partial charge in [0.15, 0.2) is 0 Å². The molecule has 0 aliphatic heterocycles. The number of anilines is 2. The number of hydrogen-bond acceptors (Lipinski definition) is 5. The highest BCUT2D eigenvalue weighted by atomic mass is 16.2. The summed E-state index contributed by atoms with van der Waals surface area (Å²) in [4.78, 5) is 9.28. The predicted molar refractivity (Wildman–Crippen MR) is 77.7 cm³/mol. The van der Waals surface area contributed by atoms with Gasteiger partial charge in [-0.15, -0.1) is 0 Å². The van der Waals surface area contributed by atoms with Crippen LogP contribution < -0.4 is 10.6 Å². The second-order valence-corrected chi connectivity index (χ2v) is 5.07. The Bertz CT molecular complexity index is 418. The molecular weight excluding hydrogens is 240 g/mol. The molecule has 5 heteroatoms. The number of aliphatic hydroxyl groups excluding tert-OH is 1. The molecule has 19 heavy (non-hydrogen) atoms. The summed E-state index contributed by atoms with van der Waals surface area (Å²) in [5.74, 6) is 3.40. The smallest absolute Gasteiger partial charge is 0.136 e. The van der Waals surface area contributed by atoms with E-state index in [1.165, 1.54) is 12.8 Å². The molecular formula is C14H24N4O. The lowest BCUT2D eigenvalue weighted by atomic mass is 10.2. The van der Waals surface area contributed by atoms with Crippen molar-refractivity contribution in [2.45, 2.75) is 45.4 Å². The number of nitrogens with one attached hydrogen (secondary N) is 2. The fraction of sp³-hybridized carbons (Fsp3) is 0.714. The van der Waals surface area contributed by atoms with Crippen molar-refractivity contribution >= 4 is 11.6 Å². The second kappa shape index (κ2) is 6.70. The Morgan fingerprint density at radius 2 is 1.84 bits per heavy atom. The molecule has 0 atom stereocenters. The van der Waals surface area contributed by atoms with Gasteiger partial charge in [0.25, 0.3) is 0 Å². The van der Waals surface area contributed by atoms with Gasteiger partial charge in [-0.1, -0.05) is 0 Å². The number of unbranched alkanes of at least 4 members (excludes halogenated alkanes) is 1. The van der Waals surface area contributed by atoms with Crippen molar-refractivity contribution in [2.24, 2.45) is 0 Å². The molecule has 0 aromatic carbocycles. The molecule has 1 aliphatic rings. The Balaban J connectivity index is 2.10. The van der Waals surface area contributed by atoms with Crippen LogP contribution in [0.3, 0.4) is 0 Å². The number of rotatable bonds is 8. The van der Waals surface area contributed by atoms with Crippen molar-refractivity contribution in [3.8, 4) is 0 Å². The summed E-state index contributed by atoms with van der Waals surface area (Å²) in [6, 6.07) is 0. The van der Waals surface area contributed by atoms with Crippen LogP contribution in [0.1, 0.15) is 49.9 Å². The predicted octanol–water partition coefficient (Wildman–Crippen LogP) is 2.28. The van der Waals surface area contributed by atoms with E-state index in [1.54, 1.807) is 0 Å². The molecule has 3 N–H and O–H groups in total. The zero-order valence-corrected chi connectivity index (χ0v) is 11.9. The molecule has 1 aliphatic carbocycles. The van der Waals surface area contributed by atoms with Crippen molar-refractivity contribution in [2.75, 3.05) is 30.3 Å². The molecule has 5 nitrogen and oxygen atoms in total. The average molecular weight is 264 g/mol. The fourth-order valence-electron chi connectivity index (χ4n) is 2.01. The number of hydrogen-bond donors (Lipinski definition) is 3. The van der Waals surface area contributed by atoms with Gasteiger partial charge in [0, 0.05) is 31.2 Å². The molecule has 0 saturated heterocycles. The molecule has 2 rings (SSSR count). The molecule has 0 spiro atoms. The lowest BCUT2D eigenvalue weighted by Crippen LogP contribution is -2.12. The topological polar surface area (TPSA) is 70.1 Å². The number of aliphatic hydroxyl groups is 1. The number of nitrogens with zero attached hydrogens (tertiary/aromatic N) is 2. The van der Waals surface area contributed by atoms with Crippen LogP contribution >= 0.6 is 0 Å². The highest BCUT2D eigenvalue weighted by molar-refractivity contribution is 5.57. The van der Waals surface area contributed by atoms with E-state index >= 15 is 0 Å². The van der Waals surface area contributed by atoms with Crippen molar-refractivity contribution in [3.05, 3.63) is 11.4 Å². The minimum Gasteiger partial charge on any atom is -0.396 e. The Hall–Kier alpha value is -1.36. The minimum atomic E-state index is 0.250. The van der Waals surface area contributed by atoms with E-state index in [2.05, 4.69) is 27.5 Å². The van der Waals surface area contributed by atoms with Gasteiger partial charge in [-0.25, -0.2) is 9.97 Å². The molecule has 1 heterocycles. The summed E-state index contributed by atoms with van der Waals surface area (Å²) in [5, 5.41) is 15.5. The third-order valence-corrected chi connectivity index (χ3v) is 3.33. The first-order valence-corrected chi connectivity index (χ1v) is 7.23. The first kappa shape index (κ1) is 14.1. The van der Waals surface area contributed by atoms with Gasteiger partial charge in [-0.05, 0) is 39.5 Å². The molecule has 1 fully saturated rings. The van der Waals surface area contributed by atoms with E-state index < -0.39 is 0 Å². The fourth-order valence-corrected chi connectivity index (χ4v) is 2.01. The van der Waals surface area contributed by atoms with Crippen molar-refractivity contribution < 1.29 is 5.11 Å². The maximum Gasteiger partial charge on any atom is 0.136 e. The molecule has 1 aromatic heterocycles. The average Bonchev–Trinajstić information content (AvgIpc) is 3.23. The van der Waals surface area contributed by atoms with Gasteiger partial charge in [0.2, 0.25) is 0 Å². The van der Waals surface area contributed by atoms with Gasteiger partial charge in [0.1, 0.15) is 17.5 Å². The molecule has 106 valence electrons. The molecule has 0 radical (unpaired) electrons. The third-order valence-electron chi connectivity index (χ3n) is 3.33. The summed E-state index contributed by atoms with van der Waals surface area (Å²) in [6.45, 7) is 6.08. The lowest BCUT2D eigenvalue weighted by molar-refractivity contribution is 0.286. The van der Waals surface area contributed by atoms with Crippen molar-refractivity contribution in [1.29, 1.82) is 0 Å². The minimum absolute atomic E-state index is 0.250. The summed E-state index contributed by atoms with van der Waals surface area (Å²) in [7, 11) is 0. The standard InChI is InChI=1S/C14H24N4O/c1-3-15-12-10(2)13(16-8-4-5-9-19)18-14(17-12)11-6-7-11/h11,19H,3-9H2,1-2H3,(H2,15,16,17,18). The first-order chi connectivity index (χ1) is 9.26. The highest BCUT2D eigenvalue weighted by Crippen LogP contribution is 2.39. The van der Waals surface area contributed by atoms with Crippen LogP contribution in [-0.2, 0) is 0 Å². The Morgan fingerprint density at radius 1 is 1.16 bits per heavy atom. The second-order valence-electron chi connectivity index (χ2n) is 5.07. The van der Waals surface area contributed by atoms with Crippen LogP contribution in [0.25, 0.3) is 0 Å². The van der Waals surface area contributed by atoms with E-state index in [-0.39, 0.29) is 6.61 Å². The van der Waals surface area contributed by atoms with E-state index in [0.717, 1.165) is 49.0 Å². The third kappa shape index (κ3) is 3.80.